The van der Waals surface area contributed by atoms with Crippen LogP contribution in [0.1, 0.15) is 206 Å². The van der Waals surface area contributed by atoms with Crippen molar-refractivity contribution in [1.29, 1.82) is 0 Å². The fourth-order valence-corrected chi connectivity index (χ4v) is 7.71. The van der Waals surface area contributed by atoms with Gasteiger partial charge in [0.2, 0.25) is 0 Å². The number of likely N-dealkylation sites (N-methyl/N-ethyl adjacent to an activating group) is 1. The van der Waals surface area contributed by atoms with Crippen molar-refractivity contribution in [3.8, 4) is 0 Å². The Balaban J connectivity index is 4.13. The highest BCUT2D eigenvalue weighted by atomic mass is 31.2. The molecule has 9 heteroatoms. The van der Waals surface area contributed by atoms with Crippen molar-refractivity contribution >= 4 is 13.8 Å². The lowest BCUT2D eigenvalue weighted by atomic mass is 10.0. The summed E-state index contributed by atoms with van der Waals surface area (Å²) in [6, 6.07) is 0. The molecule has 0 bridgehead atoms. The van der Waals surface area contributed by atoms with E-state index in [1.54, 1.807) is 0 Å². The van der Waals surface area contributed by atoms with E-state index < -0.39 is 13.9 Å². The number of phosphoric ester groups is 1. The van der Waals surface area contributed by atoms with Gasteiger partial charge in [-0.2, -0.15) is 0 Å². The topological polar surface area (TPSA) is 91.3 Å². The Morgan fingerprint density at radius 3 is 1.26 bits per heavy atom. The lowest BCUT2D eigenvalue weighted by Gasteiger charge is -2.24. The predicted molar refractivity (Wildman–Crippen MR) is 279 cm³/mol. The summed E-state index contributed by atoms with van der Waals surface area (Å²) < 4.78 is 35.2. The molecule has 1 N–H and O–H groups in total. The lowest BCUT2D eigenvalue weighted by molar-refractivity contribution is -0.870. The summed E-state index contributed by atoms with van der Waals surface area (Å²) in [5, 5.41) is 0. The maximum atomic E-state index is 12.8. The van der Waals surface area contributed by atoms with Gasteiger partial charge in [-0.15, -0.1) is 0 Å². The number of carbonyl (C=O) groups is 1. The van der Waals surface area contributed by atoms with Crippen LogP contribution in [-0.2, 0) is 27.9 Å². The third-order valence-corrected chi connectivity index (χ3v) is 11.9. The summed E-state index contributed by atoms with van der Waals surface area (Å²) in [7, 11) is 1.65. The number of hydrogen-bond donors (Lipinski definition) is 1. The minimum atomic E-state index is -4.29. The Morgan fingerprint density at radius 2 is 0.846 bits per heavy atom. The minimum absolute atomic E-state index is 0.0829. The Morgan fingerprint density at radius 1 is 0.477 bits per heavy atom. The molecule has 0 amide bonds. The molecular formula is C56H101NO7P+. The highest BCUT2D eigenvalue weighted by Gasteiger charge is 2.26. The highest BCUT2D eigenvalue weighted by molar-refractivity contribution is 7.47. The molecule has 0 rings (SSSR count). The highest BCUT2D eigenvalue weighted by Crippen LogP contribution is 2.43. The number of quaternary nitrogens is 1. The van der Waals surface area contributed by atoms with Gasteiger partial charge in [-0.05, 0) is 83.5 Å². The van der Waals surface area contributed by atoms with Crippen LogP contribution in [0.3, 0.4) is 0 Å². The van der Waals surface area contributed by atoms with Gasteiger partial charge in [-0.1, -0.05) is 202 Å². The number of rotatable bonds is 48. The van der Waals surface area contributed by atoms with Crippen LogP contribution < -0.4 is 0 Å². The van der Waals surface area contributed by atoms with Crippen LogP contribution in [0.2, 0.25) is 0 Å². The third-order valence-electron chi connectivity index (χ3n) is 11.0. The van der Waals surface area contributed by atoms with Crippen molar-refractivity contribution < 1.29 is 37.3 Å². The monoisotopic (exact) mass is 931 g/mol. The summed E-state index contributed by atoms with van der Waals surface area (Å²) in [5.41, 5.74) is 0. The normalized spacial score (nSPS) is 14.2. The first-order valence-electron chi connectivity index (χ1n) is 26.3. The van der Waals surface area contributed by atoms with E-state index in [-0.39, 0.29) is 25.8 Å². The summed E-state index contributed by atoms with van der Waals surface area (Å²) >= 11 is 0. The molecule has 0 aromatic rings. The Hall–Kier alpha value is -2.32. The molecule has 0 aliphatic rings. The molecule has 376 valence electrons. The number of phosphoric acid groups is 1. The van der Waals surface area contributed by atoms with Crippen molar-refractivity contribution in [3.05, 3.63) is 85.1 Å². The minimum Gasteiger partial charge on any atom is -0.457 e. The van der Waals surface area contributed by atoms with E-state index >= 15 is 0 Å². The second-order valence-corrected chi connectivity index (χ2v) is 19.9. The zero-order valence-corrected chi connectivity index (χ0v) is 43.6. The van der Waals surface area contributed by atoms with Crippen LogP contribution in [0.25, 0.3) is 0 Å². The molecule has 0 fully saturated rings. The molecule has 8 nitrogen and oxygen atoms in total. The van der Waals surface area contributed by atoms with Gasteiger partial charge in [0, 0.05) is 13.0 Å². The van der Waals surface area contributed by atoms with Gasteiger partial charge in [-0.25, -0.2) is 4.57 Å². The molecule has 0 heterocycles. The zero-order valence-electron chi connectivity index (χ0n) is 42.7. The fraction of sp³-hybridized carbons (Fsp3) is 0.732. The van der Waals surface area contributed by atoms with Crippen LogP contribution in [0.4, 0.5) is 0 Å². The van der Waals surface area contributed by atoms with E-state index in [4.69, 9.17) is 18.5 Å². The van der Waals surface area contributed by atoms with Crippen LogP contribution in [0.5, 0.6) is 0 Å². The van der Waals surface area contributed by atoms with Gasteiger partial charge in [0.05, 0.1) is 34.4 Å². The third kappa shape index (κ3) is 52.5. The standard InChI is InChI=1S/C56H100NO7P/c1-6-8-10-12-14-16-18-20-22-24-26-27-28-29-30-31-32-33-35-37-39-41-43-45-47-49-56(58)64-55(54-63-65(59,60)62-52-50-57(3,4)5)53-61-51-48-46-44-42-40-38-36-34-25-23-21-19-17-15-13-11-9-7-2/h8-11,14-17,20-23,26-27,55H,6-7,12-13,18-19,24-25,28-54H2,1-5H3/p+1/b10-8-,11-9-,16-14-,17-15-,22-20-,23-21-,27-26-. The molecule has 0 saturated carbocycles. The van der Waals surface area contributed by atoms with Crippen molar-refractivity contribution in [2.24, 2.45) is 0 Å². The van der Waals surface area contributed by atoms with Crippen molar-refractivity contribution in [2.45, 2.75) is 213 Å². The molecule has 0 radical (unpaired) electrons. The van der Waals surface area contributed by atoms with Gasteiger partial charge in [0.15, 0.2) is 0 Å². The number of esters is 1. The summed E-state index contributed by atoms with van der Waals surface area (Å²) in [6.07, 6.45) is 64.9. The number of ether oxygens (including phenoxy) is 2. The Kier molecular flexibility index (Phi) is 46.4. The van der Waals surface area contributed by atoms with E-state index in [0.717, 1.165) is 83.5 Å². The second-order valence-electron chi connectivity index (χ2n) is 18.5. The maximum absolute atomic E-state index is 12.8. The molecule has 0 aliphatic heterocycles. The summed E-state index contributed by atoms with van der Waals surface area (Å²) in [6.45, 7) is 5.39. The van der Waals surface area contributed by atoms with Crippen molar-refractivity contribution in [1.82, 2.24) is 0 Å². The quantitative estimate of drug-likeness (QED) is 0.0214. The molecular weight excluding hydrogens is 830 g/mol. The smallest absolute Gasteiger partial charge is 0.457 e. The lowest BCUT2D eigenvalue weighted by Crippen LogP contribution is -2.37. The first kappa shape index (κ1) is 62.7. The van der Waals surface area contributed by atoms with Gasteiger partial charge in [0.1, 0.15) is 19.3 Å². The van der Waals surface area contributed by atoms with Crippen LogP contribution >= 0.6 is 7.82 Å². The predicted octanol–water partition coefficient (Wildman–Crippen LogP) is 16.4. The molecule has 0 aliphatic carbocycles. The van der Waals surface area contributed by atoms with Gasteiger partial charge < -0.3 is 18.9 Å². The van der Waals surface area contributed by atoms with Crippen LogP contribution in [-0.4, -0.2) is 75.6 Å². The number of unbranched alkanes of at least 4 members (excludes halogenated alkanes) is 20. The molecule has 0 saturated heterocycles. The van der Waals surface area contributed by atoms with Gasteiger partial charge in [-0.3, -0.25) is 13.8 Å². The largest absolute Gasteiger partial charge is 0.472 e. The van der Waals surface area contributed by atoms with Crippen LogP contribution in [0.15, 0.2) is 85.1 Å². The molecule has 0 aromatic heterocycles. The average Bonchev–Trinajstić information content (AvgIpc) is 3.27. The second kappa shape index (κ2) is 48.1. The zero-order chi connectivity index (χ0) is 47.6. The Bertz CT molecular complexity index is 1310. The van der Waals surface area contributed by atoms with Crippen molar-refractivity contribution in [3.63, 3.8) is 0 Å². The SMILES string of the molecule is CC/C=C\C/C=C\C/C=C\C/C=C\CCCCCCCCCCCCCCC(=O)OC(COCCCCCCCCCC/C=C\C/C=C\C/C=C\CC)COP(=O)(O)OCC[N+](C)(C)C. The Labute approximate surface area is 401 Å². The van der Waals surface area contributed by atoms with E-state index in [1.165, 1.54) is 103 Å². The maximum Gasteiger partial charge on any atom is 0.472 e. The van der Waals surface area contributed by atoms with Gasteiger partial charge >= 0.3 is 13.8 Å². The van der Waals surface area contributed by atoms with E-state index in [0.29, 0.717) is 24.1 Å². The number of allylic oxidation sites excluding steroid dienone is 14. The van der Waals surface area contributed by atoms with E-state index in [2.05, 4.69) is 98.9 Å². The molecule has 0 aromatic carbocycles. The molecule has 0 spiro atoms. The van der Waals surface area contributed by atoms with E-state index in [9.17, 15) is 14.3 Å². The molecule has 65 heavy (non-hydrogen) atoms. The number of carbonyl (C=O) groups excluding carboxylic acids is 1. The molecule has 2 unspecified atom stereocenters. The first-order chi connectivity index (χ1) is 31.6. The first-order valence-corrected chi connectivity index (χ1v) is 27.8. The van der Waals surface area contributed by atoms with Crippen LogP contribution in [0, 0.1) is 0 Å². The van der Waals surface area contributed by atoms with Crippen molar-refractivity contribution in [2.75, 3.05) is 54.1 Å². The average molecular weight is 931 g/mol. The molecule has 2 atom stereocenters. The number of hydrogen-bond acceptors (Lipinski definition) is 6. The van der Waals surface area contributed by atoms with E-state index in [1.807, 2.05) is 21.1 Å². The van der Waals surface area contributed by atoms with Gasteiger partial charge in [0.25, 0.3) is 0 Å². The number of nitrogens with zero attached hydrogens (tertiary/aromatic N) is 1. The summed E-state index contributed by atoms with van der Waals surface area (Å²) in [5.74, 6) is -0.321. The fourth-order valence-electron chi connectivity index (χ4n) is 6.97. The summed E-state index contributed by atoms with van der Waals surface area (Å²) in [4.78, 5) is 23.0.